The molecule has 1 amide bonds. The number of H-pyrrole nitrogens is 1. The summed E-state index contributed by atoms with van der Waals surface area (Å²) in [6.45, 7) is 1.96. The molecular weight excluding hydrogens is 557 g/mol. The van der Waals surface area contributed by atoms with Gasteiger partial charge in [0.15, 0.2) is 5.82 Å². The second kappa shape index (κ2) is 10.1. The predicted octanol–water partition coefficient (Wildman–Crippen LogP) is 5.91. The Kier molecular flexibility index (Phi) is 6.53. The first kappa shape index (κ1) is 27.2. The topological polar surface area (TPSA) is 121 Å². The van der Waals surface area contributed by atoms with Crippen LogP contribution in [0.4, 0.5) is 10.1 Å². The molecule has 0 saturated heterocycles. The van der Waals surface area contributed by atoms with Crippen molar-refractivity contribution in [3.05, 3.63) is 89.9 Å². The lowest BCUT2D eigenvalue weighted by atomic mass is 10.0. The standard InChI is InChI=1S/C31H26FN5O4S/c1-17-5-7-18(8-6-17)29-28(31(38)33-2)22-15-21(26(16-27(22)41-29)37(3)42(4,39)40)30-34-12-11-24(36-30)25-14-19-13-20(32)9-10-23(19)35-25/h5-16,35H,1-4H3,(H,33,38). The summed E-state index contributed by atoms with van der Waals surface area (Å²) in [5.74, 6) is -0.130. The van der Waals surface area contributed by atoms with Crippen LogP contribution in [0.1, 0.15) is 15.9 Å². The van der Waals surface area contributed by atoms with Crippen LogP contribution < -0.4 is 9.62 Å². The fourth-order valence-corrected chi connectivity index (χ4v) is 5.40. The largest absolute Gasteiger partial charge is 0.455 e. The van der Waals surface area contributed by atoms with Crippen LogP contribution in [0, 0.1) is 12.7 Å². The number of furan rings is 1. The van der Waals surface area contributed by atoms with Crippen molar-refractivity contribution in [3.8, 4) is 34.1 Å². The zero-order valence-electron chi connectivity index (χ0n) is 23.2. The highest BCUT2D eigenvalue weighted by molar-refractivity contribution is 7.92. The molecule has 0 aliphatic rings. The number of anilines is 1. The molecule has 3 aromatic carbocycles. The Labute approximate surface area is 241 Å². The Morgan fingerprint density at radius 2 is 1.81 bits per heavy atom. The minimum absolute atomic E-state index is 0.227. The summed E-state index contributed by atoms with van der Waals surface area (Å²) < 4.78 is 46.5. The monoisotopic (exact) mass is 583 g/mol. The van der Waals surface area contributed by atoms with E-state index in [4.69, 9.17) is 9.40 Å². The third kappa shape index (κ3) is 4.77. The molecule has 0 aliphatic carbocycles. The Morgan fingerprint density at radius 1 is 1.05 bits per heavy atom. The molecule has 0 atom stereocenters. The quantitative estimate of drug-likeness (QED) is 0.252. The minimum Gasteiger partial charge on any atom is -0.455 e. The number of nitrogens with one attached hydrogen (secondary N) is 2. The molecule has 6 aromatic rings. The van der Waals surface area contributed by atoms with E-state index in [1.807, 2.05) is 31.2 Å². The van der Waals surface area contributed by atoms with Gasteiger partial charge in [0.2, 0.25) is 10.0 Å². The van der Waals surface area contributed by atoms with Crippen LogP contribution in [-0.4, -0.2) is 49.6 Å². The molecule has 0 fully saturated rings. The Balaban J connectivity index is 1.60. The van der Waals surface area contributed by atoms with Gasteiger partial charge in [-0.3, -0.25) is 9.10 Å². The second-order valence-electron chi connectivity index (χ2n) is 10.0. The number of halogens is 1. The third-order valence-electron chi connectivity index (χ3n) is 7.17. The van der Waals surface area contributed by atoms with Crippen molar-refractivity contribution in [3.63, 3.8) is 0 Å². The number of aromatic amines is 1. The maximum atomic E-state index is 13.8. The number of carbonyl (C=O) groups excluding carboxylic acids is 1. The molecule has 212 valence electrons. The summed E-state index contributed by atoms with van der Waals surface area (Å²) in [5.41, 5.74) is 4.92. The third-order valence-corrected chi connectivity index (χ3v) is 8.36. The molecule has 3 aromatic heterocycles. The highest BCUT2D eigenvalue weighted by atomic mass is 32.2. The molecule has 11 heteroatoms. The number of aryl methyl sites for hydroxylation is 1. The number of aromatic nitrogens is 3. The van der Waals surface area contributed by atoms with Crippen LogP contribution in [0.2, 0.25) is 0 Å². The maximum absolute atomic E-state index is 13.8. The van der Waals surface area contributed by atoms with E-state index >= 15 is 0 Å². The number of rotatable bonds is 6. The van der Waals surface area contributed by atoms with E-state index < -0.39 is 10.0 Å². The van der Waals surface area contributed by atoms with Crippen LogP contribution in [0.15, 0.2) is 77.3 Å². The van der Waals surface area contributed by atoms with Crippen LogP contribution in [-0.2, 0) is 10.0 Å². The van der Waals surface area contributed by atoms with Gasteiger partial charge in [-0.05, 0) is 43.3 Å². The van der Waals surface area contributed by atoms with Gasteiger partial charge in [0, 0.05) is 53.8 Å². The zero-order chi connectivity index (χ0) is 29.8. The number of benzene rings is 3. The lowest BCUT2D eigenvalue weighted by Crippen LogP contribution is -2.25. The number of nitrogens with zero attached hydrogens (tertiary/aromatic N) is 3. The van der Waals surface area contributed by atoms with Gasteiger partial charge in [-0.1, -0.05) is 29.8 Å². The highest BCUT2D eigenvalue weighted by Gasteiger charge is 2.26. The fourth-order valence-electron chi connectivity index (χ4n) is 4.89. The number of carbonyl (C=O) groups is 1. The van der Waals surface area contributed by atoms with Crippen LogP contribution >= 0.6 is 0 Å². The molecule has 0 bridgehead atoms. The van der Waals surface area contributed by atoms with Gasteiger partial charge in [-0.25, -0.2) is 22.8 Å². The van der Waals surface area contributed by atoms with Crippen molar-refractivity contribution < 1.29 is 22.0 Å². The first-order valence-corrected chi connectivity index (χ1v) is 14.8. The molecule has 9 nitrogen and oxygen atoms in total. The molecule has 42 heavy (non-hydrogen) atoms. The number of hydrogen-bond donors (Lipinski definition) is 2. The van der Waals surface area contributed by atoms with Gasteiger partial charge in [0.25, 0.3) is 5.91 Å². The Hall–Kier alpha value is -5.03. The minimum atomic E-state index is -3.70. The Bertz CT molecular complexity index is 2120. The molecule has 0 spiro atoms. The van der Waals surface area contributed by atoms with E-state index in [1.54, 1.807) is 36.5 Å². The normalized spacial score (nSPS) is 11.7. The van der Waals surface area contributed by atoms with Gasteiger partial charge in [-0.2, -0.15) is 0 Å². The second-order valence-corrected chi connectivity index (χ2v) is 12.0. The predicted molar refractivity (Wildman–Crippen MR) is 161 cm³/mol. The summed E-state index contributed by atoms with van der Waals surface area (Å²) in [6.07, 6.45) is 2.66. The average molecular weight is 584 g/mol. The lowest BCUT2D eigenvalue weighted by Gasteiger charge is -2.20. The van der Waals surface area contributed by atoms with E-state index in [-0.39, 0.29) is 23.2 Å². The zero-order valence-corrected chi connectivity index (χ0v) is 24.0. The first-order chi connectivity index (χ1) is 20.0. The van der Waals surface area contributed by atoms with Gasteiger partial charge in [-0.15, -0.1) is 0 Å². The van der Waals surface area contributed by atoms with E-state index in [9.17, 15) is 17.6 Å². The maximum Gasteiger partial charge on any atom is 0.255 e. The van der Waals surface area contributed by atoms with E-state index in [0.717, 1.165) is 21.6 Å². The summed E-state index contributed by atoms with van der Waals surface area (Å²) in [4.78, 5) is 25.6. The molecule has 0 saturated carbocycles. The van der Waals surface area contributed by atoms with Crippen molar-refractivity contribution in [2.75, 3.05) is 24.7 Å². The summed E-state index contributed by atoms with van der Waals surface area (Å²) in [5, 5.41) is 3.84. The molecule has 3 heterocycles. The average Bonchev–Trinajstić information content (AvgIpc) is 3.56. The highest BCUT2D eigenvalue weighted by Crippen LogP contribution is 2.41. The molecule has 0 aliphatic heterocycles. The van der Waals surface area contributed by atoms with Crippen molar-refractivity contribution in [1.29, 1.82) is 0 Å². The molecule has 0 unspecified atom stereocenters. The van der Waals surface area contributed by atoms with Crippen molar-refractivity contribution in [2.45, 2.75) is 6.92 Å². The van der Waals surface area contributed by atoms with Crippen molar-refractivity contribution in [2.24, 2.45) is 0 Å². The van der Waals surface area contributed by atoms with Gasteiger partial charge in [0.05, 0.1) is 28.9 Å². The summed E-state index contributed by atoms with van der Waals surface area (Å²) in [6, 6.07) is 18.8. The number of fused-ring (bicyclic) bond motifs is 2. The Morgan fingerprint density at radius 3 is 2.52 bits per heavy atom. The van der Waals surface area contributed by atoms with Crippen LogP contribution in [0.5, 0.6) is 0 Å². The SMILES string of the molecule is CNC(=O)c1c(-c2ccc(C)cc2)oc2cc(N(C)S(C)(=O)=O)c(-c3nccc(-c4cc5cc(F)ccc5[nH]4)n3)cc12. The van der Waals surface area contributed by atoms with Gasteiger partial charge < -0.3 is 14.7 Å². The molecule has 6 rings (SSSR count). The van der Waals surface area contributed by atoms with E-state index in [0.29, 0.717) is 50.2 Å². The van der Waals surface area contributed by atoms with E-state index in [2.05, 4.69) is 15.3 Å². The lowest BCUT2D eigenvalue weighted by molar-refractivity contribution is 0.0964. The number of hydrogen-bond acceptors (Lipinski definition) is 6. The fraction of sp³-hybridized carbons (Fsp3) is 0.129. The van der Waals surface area contributed by atoms with Crippen LogP contribution in [0.3, 0.4) is 0 Å². The van der Waals surface area contributed by atoms with Gasteiger partial charge in [0.1, 0.15) is 17.2 Å². The number of amides is 1. The van der Waals surface area contributed by atoms with Crippen LogP contribution in [0.25, 0.3) is 56.0 Å². The molecule has 0 radical (unpaired) electrons. The number of sulfonamides is 1. The van der Waals surface area contributed by atoms with E-state index in [1.165, 1.54) is 26.2 Å². The summed E-state index contributed by atoms with van der Waals surface area (Å²) in [7, 11) is -0.741. The first-order valence-electron chi connectivity index (χ1n) is 13.0. The molecule has 2 N–H and O–H groups in total. The smallest absolute Gasteiger partial charge is 0.255 e. The van der Waals surface area contributed by atoms with Crippen molar-refractivity contribution >= 4 is 43.5 Å². The molecular formula is C31H26FN5O4S. The van der Waals surface area contributed by atoms with Crippen molar-refractivity contribution in [1.82, 2.24) is 20.3 Å². The van der Waals surface area contributed by atoms with Gasteiger partial charge >= 0.3 is 0 Å². The summed E-state index contributed by atoms with van der Waals surface area (Å²) >= 11 is 0.